The summed E-state index contributed by atoms with van der Waals surface area (Å²) in [6, 6.07) is 20.7. The highest BCUT2D eigenvalue weighted by molar-refractivity contribution is 5.86. The van der Waals surface area contributed by atoms with E-state index < -0.39 is 0 Å². The van der Waals surface area contributed by atoms with Crippen molar-refractivity contribution >= 4 is 23.8 Å². The van der Waals surface area contributed by atoms with E-state index in [0.717, 1.165) is 66.0 Å². The average Bonchev–Trinajstić information content (AvgIpc) is 3.51. The summed E-state index contributed by atoms with van der Waals surface area (Å²) in [7, 11) is 0. The third-order valence-electron chi connectivity index (χ3n) is 5.72. The standard InChI is InChI=1S/C31H32N4/c1-26-16-18-28(22-26)24-32-34(30-12-6-3-7-13-30)20-10-5-11-21-35(31-14-8-4-9-15-31)33-25-29-19-17-27(2)23-29/h3-4,6-9,12-19,22-25H,1-2,5,10-11,20-21H2/b32-24+,33-25+. The minimum Gasteiger partial charge on any atom is -0.266 e. The largest absolute Gasteiger partial charge is 0.266 e. The Bertz CT molecular complexity index is 1100. The summed E-state index contributed by atoms with van der Waals surface area (Å²) in [5.41, 5.74) is 6.36. The van der Waals surface area contributed by atoms with Crippen molar-refractivity contribution in [3.63, 3.8) is 0 Å². The van der Waals surface area contributed by atoms with Gasteiger partial charge in [-0.1, -0.05) is 73.9 Å². The molecule has 2 aromatic rings. The van der Waals surface area contributed by atoms with E-state index in [1.807, 2.05) is 61.0 Å². The quantitative estimate of drug-likeness (QED) is 0.190. The number of hydrogen-bond acceptors (Lipinski definition) is 4. The van der Waals surface area contributed by atoms with Gasteiger partial charge in [0.05, 0.1) is 23.8 Å². The Morgan fingerprint density at radius 2 is 1.00 bits per heavy atom. The molecule has 2 aromatic carbocycles. The van der Waals surface area contributed by atoms with E-state index in [9.17, 15) is 0 Å². The third-order valence-corrected chi connectivity index (χ3v) is 5.72. The predicted molar refractivity (Wildman–Crippen MR) is 151 cm³/mol. The van der Waals surface area contributed by atoms with Gasteiger partial charge in [-0.15, -0.1) is 0 Å². The summed E-state index contributed by atoms with van der Waals surface area (Å²) >= 11 is 0. The van der Waals surface area contributed by atoms with Crippen LogP contribution in [0.1, 0.15) is 19.3 Å². The van der Waals surface area contributed by atoms with Crippen LogP contribution >= 0.6 is 0 Å². The van der Waals surface area contributed by atoms with Gasteiger partial charge < -0.3 is 0 Å². The van der Waals surface area contributed by atoms with E-state index in [4.69, 9.17) is 10.2 Å². The van der Waals surface area contributed by atoms with Crippen molar-refractivity contribution in [1.82, 2.24) is 0 Å². The van der Waals surface area contributed by atoms with Crippen molar-refractivity contribution < 1.29 is 0 Å². The fourth-order valence-corrected chi connectivity index (χ4v) is 3.87. The highest BCUT2D eigenvalue weighted by Gasteiger charge is 2.08. The summed E-state index contributed by atoms with van der Waals surface area (Å²) in [6.45, 7) is 9.65. The molecule has 0 radical (unpaired) electrons. The van der Waals surface area contributed by atoms with Gasteiger partial charge in [-0.2, -0.15) is 10.2 Å². The molecule has 0 amide bonds. The Balaban J connectivity index is 1.33. The van der Waals surface area contributed by atoms with Gasteiger partial charge in [-0.3, -0.25) is 10.0 Å². The first kappa shape index (κ1) is 24.0. The molecule has 35 heavy (non-hydrogen) atoms. The van der Waals surface area contributed by atoms with Gasteiger partial charge in [-0.25, -0.2) is 0 Å². The van der Waals surface area contributed by atoms with E-state index in [0.29, 0.717) is 0 Å². The lowest BCUT2D eigenvalue weighted by atomic mass is 10.2. The van der Waals surface area contributed by atoms with Crippen LogP contribution in [0.5, 0.6) is 0 Å². The molecular formula is C31H32N4. The van der Waals surface area contributed by atoms with Crippen LogP contribution in [0.3, 0.4) is 0 Å². The molecule has 0 atom stereocenters. The molecule has 0 aromatic heterocycles. The van der Waals surface area contributed by atoms with Crippen molar-refractivity contribution in [3.05, 3.63) is 133 Å². The fourth-order valence-electron chi connectivity index (χ4n) is 3.87. The number of allylic oxidation sites excluding steroid dienone is 10. The van der Waals surface area contributed by atoms with Gasteiger partial charge in [0.2, 0.25) is 0 Å². The maximum absolute atomic E-state index is 4.76. The zero-order valence-corrected chi connectivity index (χ0v) is 20.1. The lowest BCUT2D eigenvalue weighted by molar-refractivity contribution is 0.648. The van der Waals surface area contributed by atoms with Gasteiger partial charge in [0.1, 0.15) is 0 Å². The maximum atomic E-state index is 4.76. The Kier molecular flexibility index (Phi) is 8.44. The van der Waals surface area contributed by atoms with Crippen LogP contribution in [-0.2, 0) is 0 Å². The summed E-state index contributed by atoms with van der Waals surface area (Å²) in [5, 5.41) is 13.7. The van der Waals surface area contributed by atoms with E-state index in [2.05, 4.69) is 71.7 Å². The van der Waals surface area contributed by atoms with Gasteiger partial charge >= 0.3 is 0 Å². The molecule has 0 heterocycles. The highest BCUT2D eigenvalue weighted by Crippen LogP contribution is 2.19. The Morgan fingerprint density at radius 3 is 1.37 bits per heavy atom. The summed E-state index contributed by atoms with van der Waals surface area (Å²) in [6.07, 6.45) is 19.1. The summed E-state index contributed by atoms with van der Waals surface area (Å²) < 4.78 is 0. The maximum Gasteiger partial charge on any atom is 0.0593 e. The minimum atomic E-state index is 0.854. The Morgan fingerprint density at radius 1 is 0.571 bits per heavy atom. The number of unbranched alkanes of at least 4 members (excludes halogenated alkanes) is 2. The molecule has 176 valence electrons. The summed E-state index contributed by atoms with van der Waals surface area (Å²) in [5.74, 6) is 0. The molecule has 0 saturated carbocycles. The number of nitrogens with zero attached hydrogens (tertiary/aromatic N) is 4. The van der Waals surface area contributed by atoms with Gasteiger partial charge in [0, 0.05) is 13.1 Å². The van der Waals surface area contributed by atoms with Gasteiger partial charge in [0.25, 0.3) is 0 Å². The average molecular weight is 461 g/mol. The molecule has 0 spiro atoms. The van der Waals surface area contributed by atoms with E-state index >= 15 is 0 Å². The molecule has 0 fully saturated rings. The second kappa shape index (κ2) is 12.3. The molecule has 0 aliphatic heterocycles. The molecule has 2 aliphatic carbocycles. The van der Waals surface area contributed by atoms with Gasteiger partial charge in [-0.05, 0) is 78.0 Å². The van der Waals surface area contributed by atoms with E-state index in [1.54, 1.807) is 0 Å². The first-order valence-corrected chi connectivity index (χ1v) is 12.1. The number of hydrogen-bond donors (Lipinski definition) is 0. The number of rotatable bonds is 12. The van der Waals surface area contributed by atoms with Crippen molar-refractivity contribution in [2.24, 2.45) is 10.2 Å². The summed E-state index contributed by atoms with van der Waals surface area (Å²) in [4.78, 5) is 0. The van der Waals surface area contributed by atoms with Crippen LogP contribution in [-0.4, -0.2) is 25.5 Å². The Hall–Kier alpha value is -4.18. The number of benzene rings is 2. The van der Waals surface area contributed by atoms with Crippen LogP contribution in [0.25, 0.3) is 0 Å². The van der Waals surface area contributed by atoms with Crippen LogP contribution in [0.15, 0.2) is 143 Å². The molecule has 4 heteroatoms. The molecule has 0 saturated heterocycles. The monoisotopic (exact) mass is 460 g/mol. The zero-order chi connectivity index (χ0) is 24.3. The van der Waals surface area contributed by atoms with Gasteiger partial charge in [0.15, 0.2) is 0 Å². The van der Waals surface area contributed by atoms with Crippen LogP contribution in [0.4, 0.5) is 11.4 Å². The normalized spacial score (nSPS) is 14.9. The predicted octanol–water partition coefficient (Wildman–Crippen LogP) is 7.25. The second-order valence-electron chi connectivity index (χ2n) is 8.57. The lowest BCUT2D eigenvalue weighted by Gasteiger charge is -2.21. The number of hydrazone groups is 2. The second-order valence-corrected chi connectivity index (χ2v) is 8.57. The molecule has 4 nitrogen and oxygen atoms in total. The smallest absolute Gasteiger partial charge is 0.0593 e. The Labute approximate surface area is 209 Å². The van der Waals surface area contributed by atoms with E-state index in [1.165, 1.54) is 0 Å². The molecule has 0 unspecified atom stereocenters. The molecule has 2 aliphatic rings. The van der Waals surface area contributed by atoms with Crippen LogP contribution < -0.4 is 10.0 Å². The van der Waals surface area contributed by atoms with Crippen molar-refractivity contribution in [1.29, 1.82) is 0 Å². The SMILES string of the molecule is C=C1C=CC(/C=N/N(CCCCCN(/N=C/C2=CC(=C)C=C2)c2ccccc2)c2ccccc2)=C1. The van der Waals surface area contributed by atoms with Crippen LogP contribution in [0.2, 0.25) is 0 Å². The topological polar surface area (TPSA) is 31.2 Å². The van der Waals surface area contributed by atoms with Crippen molar-refractivity contribution in [2.75, 3.05) is 23.1 Å². The van der Waals surface area contributed by atoms with Crippen molar-refractivity contribution in [3.8, 4) is 0 Å². The number of para-hydroxylation sites is 2. The highest BCUT2D eigenvalue weighted by atomic mass is 15.5. The molecule has 4 rings (SSSR count). The third kappa shape index (κ3) is 7.41. The molecule has 0 bridgehead atoms. The number of anilines is 2. The fraction of sp³-hybridized carbons (Fsp3) is 0.161. The molecule has 0 N–H and O–H groups in total. The lowest BCUT2D eigenvalue weighted by Crippen LogP contribution is -2.20. The first-order valence-electron chi connectivity index (χ1n) is 12.1. The van der Waals surface area contributed by atoms with E-state index in [-0.39, 0.29) is 0 Å². The van der Waals surface area contributed by atoms with Crippen LogP contribution in [0, 0.1) is 0 Å². The van der Waals surface area contributed by atoms with Crippen molar-refractivity contribution in [2.45, 2.75) is 19.3 Å². The minimum absolute atomic E-state index is 0.854. The zero-order valence-electron chi connectivity index (χ0n) is 20.1. The first-order chi connectivity index (χ1) is 17.2. The molecular weight excluding hydrogens is 428 g/mol.